The van der Waals surface area contributed by atoms with E-state index in [9.17, 15) is 9.69 Å². The van der Waals surface area contributed by atoms with Crippen molar-refractivity contribution in [3.8, 4) is 0 Å². The molecule has 2 atom stereocenters. The molecule has 0 heterocycles. The van der Waals surface area contributed by atoms with Crippen molar-refractivity contribution in [2.24, 2.45) is 0 Å². The quantitative estimate of drug-likeness (QED) is 0.0834. The van der Waals surface area contributed by atoms with E-state index in [1.54, 1.807) is 0 Å². The molecule has 0 rings (SSSR count). The smallest absolute Gasteiger partial charge is 0.330 e. The van der Waals surface area contributed by atoms with Crippen LogP contribution < -0.4 is 5.32 Å². The van der Waals surface area contributed by atoms with Gasteiger partial charge in [-0.25, -0.2) is 0 Å². The second-order valence-corrected chi connectivity index (χ2v) is 9.79. The highest BCUT2D eigenvalue weighted by Gasteiger charge is 2.16. The molecule has 0 aromatic rings. The maximum atomic E-state index is 11.3. The Morgan fingerprint density at radius 2 is 1.28 bits per heavy atom. The first-order valence-electron chi connectivity index (χ1n) is 13.2. The average Bonchev–Trinajstić information content (AvgIpc) is 2.76. The number of rotatable bonds is 25. The average molecular weight is 478 g/mol. The van der Waals surface area contributed by atoms with Gasteiger partial charge in [0.1, 0.15) is 6.10 Å². The van der Waals surface area contributed by atoms with Gasteiger partial charge in [0.25, 0.3) is 0 Å². The molecule has 0 aromatic heterocycles. The lowest BCUT2D eigenvalue weighted by Crippen LogP contribution is -2.22. The summed E-state index contributed by atoms with van der Waals surface area (Å²) in [6, 6.07) is 0. The number of carbonyl (C=O) groups excluding carboxylic acids is 1. The zero-order chi connectivity index (χ0) is 23.7. The van der Waals surface area contributed by atoms with Crippen LogP contribution in [-0.2, 0) is 18.6 Å². The van der Waals surface area contributed by atoms with Gasteiger partial charge in [0.15, 0.2) is 0 Å². The molecule has 0 saturated carbocycles. The van der Waals surface area contributed by atoms with E-state index in [0.29, 0.717) is 13.2 Å². The van der Waals surface area contributed by atoms with Gasteiger partial charge in [-0.1, -0.05) is 103 Å². The molecule has 0 aliphatic rings. The SMILES string of the molecule is CCCCCCCCCCCCCCCCCCC(COP(O)OCCNC)OC(C)=O. The Hall–Kier alpha value is -0.260. The van der Waals surface area contributed by atoms with Crippen molar-refractivity contribution >= 4 is 14.6 Å². The monoisotopic (exact) mass is 477 g/mol. The lowest BCUT2D eigenvalue weighted by atomic mass is 10.0. The molecule has 0 radical (unpaired) electrons. The van der Waals surface area contributed by atoms with Crippen LogP contribution in [0.15, 0.2) is 0 Å². The first-order valence-corrected chi connectivity index (χ1v) is 14.3. The maximum Gasteiger partial charge on any atom is 0.330 e. The number of esters is 1. The van der Waals surface area contributed by atoms with Crippen LogP contribution in [0, 0.1) is 0 Å². The number of hydrogen-bond donors (Lipinski definition) is 2. The first-order chi connectivity index (χ1) is 15.6. The Kier molecular flexibility index (Phi) is 25.2. The summed E-state index contributed by atoms with van der Waals surface area (Å²) in [5, 5.41) is 2.94. The standard InChI is InChI=1S/C25H52NO5P/c1-4-5-6-7-8-9-10-11-12-13-14-15-16-17-18-19-20-25(31-24(2)27)23-30-32(28)29-22-21-26-3/h25-26,28H,4-23H2,1-3H3. The van der Waals surface area contributed by atoms with E-state index < -0.39 is 8.60 Å². The second-order valence-electron chi connectivity index (χ2n) is 8.79. The first kappa shape index (κ1) is 31.7. The van der Waals surface area contributed by atoms with Crippen LogP contribution in [0.2, 0.25) is 0 Å². The largest absolute Gasteiger partial charge is 0.460 e. The molecule has 0 aromatic carbocycles. The Morgan fingerprint density at radius 3 is 1.72 bits per heavy atom. The predicted octanol–water partition coefficient (Wildman–Crippen LogP) is 7.04. The minimum Gasteiger partial charge on any atom is -0.460 e. The molecule has 0 aliphatic heterocycles. The van der Waals surface area contributed by atoms with E-state index in [2.05, 4.69) is 12.2 Å². The van der Waals surface area contributed by atoms with Gasteiger partial charge in [-0.15, -0.1) is 0 Å². The summed E-state index contributed by atoms with van der Waals surface area (Å²) in [7, 11) is -0.102. The molecule has 0 aliphatic carbocycles. The number of nitrogens with one attached hydrogen (secondary N) is 1. The Bertz CT molecular complexity index is 401. The van der Waals surface area contributed by atoms with E-state index in [1.165, 1.54) is 96.8 Å². The van der Waals surface area contributed by atoms with Crippen molar-refractivity contribution in [2.75, 3.05) is 26.8 Å². The molecular formula is C25H52NO5P. The minimum absolute atomic E-state index is 0.181. The highest BCUT2D eigenvalue weighted by atomic mass is 31.2. The van der Waals surface area contributed by atoms with Crippen LogP contribution in [0.4, 0.5) is 0 Å². The number of ether oxygens (including phenoxy) is 1. The van der Waals surface area contributed by atoms with Crippen molar-refractivity contribution in [3.63, 3.8) is 0 Å². The summed E-state index contributed by atoms with van der Waals surface area (Å²) < 4.78 is 15.8. The Morgan fingerprint density at radius 1 is 0.812 bits per heavy atom. The van der Waals surface area contributed by atoms with E-state index in [1.807, 2.05) is 7.05 Å². The summed E-state index contributed by atoms with van der Waals surface area (Å²) in [5.41, 5.74) is 0. The fourth-order valence-electron chi connectivity index (χ4n) is 3.74. The lowest BCUT2D eigenvalue weighted by Gasteiger charge is -2.18. The summed E-state index contributed by atoms with van der Waals surface area (Å²) in [4.78, 5) is 21.0. The molecule has 0 amide bonds. The molecule has 0 bridgehead atoms. The van der Waals surface area contributed by atoms with E-state index in [-0.39, 0.29) is 18.7 Å². The van der Waals surface area contributed by atoms with Crippen LogP contribution >= 0.6 is 8.60 Å². The van der Waals surface area contributed by atoms with Gasteiger partial charge in [-0.05, 0) is 19.9 Å². The summed E-state index contributed by atoms with van der Waals surface area (Å²) >= 11 is 0. The van der Waals surface area contributed by atoms with Crippen molar-refractivity contribution in [1.82, 2.24) is 5.32 Å². The van der Waals surface area contributed by atoms with Gasteiger partial charge in [-0.2, -0.15) is 0 Å². The number of likely N-dealkylation sites (N-methyl/N-ethyl adjacent to an activating group) is 1. The molecule has 2 unspecified atom stereocenters. The van der Waals surface area contributed by atoms with Crippen LogP contribution in [-0.4, -0.2) is 43.8 Å². The molecule has 6 nitrogen and oxygen atoms in total. The van der Waals surface area contributed by atoms with E-state index >= 15 is 0 Å². The van der Waals surface area contributed by atoms with Crippen molar-refractivity contribution in [1.29, 1.82) is 0 Å². The van der Waals surface area contributed by atoms with Crippen LogP contribution in [0.25, 0.3) is 0 Å². The van der Waals surface area contributed by atoms with E-state index in [0.717, 1.165) is 19.3 Å². The maximum absolute atomic E-state index is 11.3. The predicted molar refractivity (Wildman–Crippen MR) is 135 cm³/mol. The molecule has 0 fully saturated rings. The second kappa shape index (κ2) is 25.4. The van der Waals surface area contributed by atoms with Gasteiger partial charge in [0.2, 0.25) is 0 Å². The summed E-state index contributed by atoms with van der Waals surface area (Å²) in [5.74, 6) is -0.312. The van der Waals surface area contributed by atoms with Gasteiger partial charge in [-0.3, -0.25) is 4.79 Å². The zero-order valence-corrected chi connectivity index (χ0v) is 22.1. The van der Waals surface area contributed by atoms with Gasteiger partial charge >= 0.3 is 14.6 Å². The molecule has 0 spiro atoms. The van der Waals surface area contributed by atoms with Crippen molar-refractivity contribution < 1.29 is 23.5 Å². The normalized spacial score (nSPS) is 13.2. The topological polar surface area (TPSA) is 77.0 Å². The van der Waals surface area contributed by atoms with Crippen LogP contribution in [0.5, 0.6) is 0 Å². The van der Waals surface area contributed by atoms with Crippen LogP contribution in [0.3, 0.4) is 0 Å². The number of hydrogen-bond acceptors (Lipinski definition) is 6. The molecule has 192 valence electrons. The van der Waals surface area contributed by atoms with Gasteiger partial charge < -0.3 is 24.0 Å². The van der Waals surface area contributed by atoms with Crippen molar-refractivity contribution in [2.45, 2.75) is 129 Å². The van der Waals surface area contributed by atoms with E-state index in [4.69, 9.17) is 13.8 Å². The Balaban J connectivity index is 3.54. The van der Waals surface area contributed by atoms with Crippen molar-refractivity contribution in [3.05, 3.63) is 0 Å². The minimum atomic E-state index is -1.92. The lowest BCUT2D eigenvalue weighted by molar-refractivity contribution is -0.148. The summed E-state index contributed by atoms with van der Waals surface area (Å²) in [6.07, 6.45) is 21.8. The third kappa shape index (κ3) is 24.4. The molecule has 32 heavy (non-hydrogen) atoms. The zero-order valence-electron chi connectivity index (χ0n) is 21.2. The highest BCUT2D eigenvalue weighted by molar-refractivity contribution is 7.40. The Labute approximate surface area is 199 Å². The van der Waals surface area contributed by atoms with Crippen LogP contribution in [0.1, 0.15) is 123 Å². The third-order valence-corrected chi connectivity index (χ3v) is 6.41. The molecule has 2 N–H and O–H groups in total. The van der Waals surface area contributed by atoms with Gasteiger partial charge in [0, 0.05) is 13.5 Å². The molecule has 0 saturated heterocycles. The molecule has 7 heteroatoms. The number of carbonyl (C=O) groups is 1. The third-order valence-electron chi connectivity index (χ3n) is 5.64. The number of unbranched alkanes of at least 4 members (excludes halogenated alkanes) is 15. The fraction of sp³-hybridized carbons (Fsp3) is 0.960. The molecular weight excluding hydrogens is 425 g/mol. The van der Waals surface area contributed by atoms with Gasteiger partial charge in [0.05, 0.1) is 13.2 Å². The highest BCUT2D eigenvalue weighted by Crippen LogP contribution is 2.33. The summed E-state index contributed by atoms with van der Waals surface area (Å²) in [6.45, 7) is 4.90. The fourth-order valence-corrected chi connectivity index (χ4v) is 4.36.